The highest BCUT2D eigenvalue weighted by molar-refractivity contribution is 5.95. The number of carbonyl (C=O) groups is 2. The molecule has 2 aromatic carbocycles. The Balaban J connectivity index is 1.85. The molecule has 0 aromatic heterocycles. The van der Waals surface area contributed by atoms with Gasteiger partial charge in [0.25, 0.3) is 5.91 Å². The molecule has 3 rings (SSSR count). The third kappa shape index (κ3) is 9.28. The van der Waals surface area contributed by atoms with Gasteiger partial charge in [0, 0.05) is 64.7 Å². The molecule has 0 aliphatic carbocycles. The van der Waals surface area contributed by atoms with Gasteiger partial charge >= 0.3 is 0 Å². The van der Waals surface area contributed by atoms with Crippen LogP contribution in [-0.2, 0) is 20.9 Å². The molecular formula is C30H42F2N4O3. The second-order valence-electron chi connectivity index (χ2n) is 10.6. The number of methoxy groups -OCH3 is 1. The second kappa shape index (κ2) is 14.9. The second-order valence-corrected chi connectivity index (χ2v) is 10.6. The molecule has 0 saturated heterocycles. The molecule has 0 saturated carbocycles. The molecule has 2 aromatic rings. The van der Waals surface area contributed by atoms with E-state index in [1.54, 1.807) is 28.0 Å². The van der Waals surface area contributed by atoms with Gasteiger partial charge in [0.15, 0.2) is 0 Å². The first-order chi connectivity index (χ1) is 18.7. The molecule has 0 radical (unpaired) electrons. The summed E-state index contributed by atoms with van der Waals surface area (Å²) in [5, 5.41) is 0. The van der Waals surface area contributed by atoms with Crippen molar-refractivity contribution in [1.82, 2.24) is 9.80 Å². The molecule has 1 aliphatic rings. The lowest BCUT2D eigenvalue weighted by Gasteiger charge is -2.32. The van der Waals surface area contributed by atoms with Crippen molar-refractivity contribution >= 4 is 23.2 Å². The third-order valence-corrected chi connectivity index (χ3v) is 6.93. The average molecular weight is 545 g/mol. The van der Waals surface area contributed by atoms with E-state index in [0.717, 1.165) is 38.2 Å². The van der Waals surface area contributed by atoms with Gasteiger partial charge in [-0.25, -0.2) is 8.78 Å². The Bertz CT molecular complexity index is 1080. The molecular weight excluding hydrogens is 502 g/mol. The molecule has 214 valence electrons. The van der Waals surface area contributed by atoms with E-state index in [9.17, 15) is 18.4 Å². The predicted octanol–water partition coefficient (Wildman–Crippen LogP) is 4.55. The molecule has 7 nitrogen and oxygen atoms in total. The summed E-state index contributed by atoms with van der Waals surface area (Å²) in [6.07, 6.45) is 1.82. The number of hydrogen-bond donors (Lipinski definition) is 0. The van der Waals surface area contributed by atoms with Crippen molar-refractivity contribution in [2.24, 2.45) is 5.92 Å². The normalized spacial score (nSPS) is 15.5. The highest BCUT2D eigenvalue weighted by atomic mass is 19.1. The Hall–Kier alpha value is -3.04. The van der Waals surface area contributed by atoms with Gasteiger partial charge in [-0.05, 0) is 79.9 Å². The first kappa shape index (κ1) is 30.5. The summed E-state index contributed by atoms with van der Waals surface area (Å²) >= 11 is 0. The fraction of sp³-hybridized carbons (Fsp3) is 0.533. The van der Waals surface area contributed by atoms with Gasteiger partial charge in [-0.2, -0.15) is 0 Å². The summed E-state index contributed by atoms with van der Waals surface area (Å²) in [7, 11) is 3.35. The molecule has 0 fully saturated rings. The number of hydrogen-bond acceptors (Lipinski definition) is 5. The molecule has 39 heavy (non-hydrogen) atoms. The molecule has 2 amide bonds. The average Bonchev–Trinajstić information content (AvgIpc) is 2.88. The smallest absolute Gasteiger partial charge is 0.252 e. The van der Waals surface area contributed by atoms with E-state index in [2.05, 4.69) is 18.7 Å². The molecule has 0 bridgehead atoms. The van der Waals surface area contributed by atoms with E-state index in [4.69, 9.17) is 4.74 Å². The third-order valence-electron chi connectivity index (χ3n) is 6.93. The number of fused-ring (bicyclic) bond motifs is 1. The molecule has 1 aliphatic heterocycles. The zero-order valence-corrected chi connectivity index (χ0v) is 23.7. The van der Waals surface area contributed by atoms with Crippen LogP contribution < -0.4 is 9.80 Å². The molecule has 0 spiro atoms. The van der Waals surface area contributed by atoms with Crippen LogP contribution >= 0.6 is 0 Å². The van der Waals surface area contributed by atoms with Gasteiger partial charge in [-0.15, -0.1) is 0 Å². The number of halogens is 2. The van der Waals surface area contributed by atoms with Crippen LogP contribution in [0.1, 0.15) is 38.7 Å². The number of anilines is 2. The lowest BCUT2D eigenvalue weighted by Crippen LogP contribution is -2.41. The zero-order valence-electron chi connectivity index (χ0n) is 23.7. The van der Waals surface area contributed by atoms with E-state index in [1.165, 1.54) is 31.4 Å². The van der Waals surface area contributed by atoms with E-state index >= 15 is 0 Å². The monoisotopic (exact) mass is 544 g/mol. The van der Waals surface area contributed by atoms with Crippen LogP contribution in [0.2, 0.25) is 0 Å². The fourth-order valence-electron chi connectivity index (χ4n) is 5.02. The number of rotatable bonds is 8. The summed E-state index contributed by atoms with van der Waals surface area (Å²) in [5.41, 5.74) is 2.02. The van der Waals surface area contributed by atoms with Crippen molar-refractivity contribution in [3.8, 4) is 0 Å². The van der Waals surface area contributed by atoms with Crippen molar-refractivity contribution in [3.63, 3.8) is 0 Å². The van der Waals surface area contributed by atoms with Crippen LogP contribution in [0.4, 0.5) is 20.2 Å². The van der Waals surface area contributed by atoms with Crippen molar-refractivity contribution in [1.29, 1.82) is 0 Å². The summed E-state index contributed by atoms with van der Waals surface area (Å²) in [4.78, 5) is 34.3. The van der Waals surface area contributed by atoms with Crippen LogP contribution in [0.5, 0.6) is 0 Å². The first-order valence-electron chi connectivity index (χ1n) is 13.7. The van der Waals surface area contributed by atoms with Gasteiger partial charge in [0.2, 0.25) is 5.91 Å². The Kier molecular flexibility index (Phi) is 11.7. The predicted molar refractivity (Wildman–Crippen MR) is 151 cm³/mol. The van der Waals surface area contributed by atoms with Crippen LogP contribution in [0.3, 0.4) is 0 Å². The summed E-state index contributed by atoms with van der Waals surface area (Å²) < 4.78 is 32.9. The van der Waals surface area contributed by atoms with Gasteiger partial charge in [0.05, 0.1) is 0 Å². The van der Waals surface area contributed by atoms with E-state index in [1.807, 2.05) is 11.9 Å². The minimum Gasteiger partial charge on any atom is -0.375 e. The minimum absolute atomic E-state index is 0.0543. The molecule has 9 heteroatoms. The highest BCUT2D eigenvalue weighted by Gasteiger charge is 2.24. The Morgan fingerprint density at radius 3 is 2.28 bits per heavy atom. The van der Waals surface area contributed by atoms with Gasteiger partial charge < -0.3 is 24.3 Å². The highest BCUT2D eigenvalue weighted by Crippen LogP contribution is 2.25. The largest absolute Gasteiger partial charge is 0.375 e. The molecule has 0 N–H and O–H groups in total. The van der Waals surface area contributed by atoms with Gasteiger partial charge in [-0.3, -0.25) is 9.59 Å². The molecule has 0 atom stereocenters. The van der Waals surface area contributed by atoms with Crippen molar-refractivity contribution in [3.05, 3.63) is 59.7 Å². The number of amides is 2. The van der Waals surface area contributed by atoms with Crippen molar-refractivity contribution in [2.75, 3.05) is 69.8 Å². The first-order valence-corrected chi connectivity index (χ1v) is 13.7. The topological polar surface area (TPSA) is 56.3 Å². The van der Waals surface area contributed by atoms with Crippen molar-refractivity contribution in [2.45, 2.75) is 39.7 Å². The molecule has 0 unspecified atom stereocenters. The standard InChI is InChI=1S/C30H42F2N4O3/c1-23(2)20-34-14-5-16-35(29(37)13-18-33(3)27-10-7-25(31)8-11-27)21-24-19-26(32)9-12-28(24)36(17-6-15-34)30(38)22-39-4/h7-12,19,23H,5-6,13-18,20-22H2,1-4H3. The van der Waals surface area contributed by atoms with Crippen molar-refractivity contribution < 1.29 is 23.1 Å². The van der Waals surface area contributed by atoms with Gasteiger partial charge in [-0.1, -0.05) is 13.8 Å². The summed E-state index contributed by atoms with van der Waals surface area (Å²) in [5.74, 6) is -0.477. The van der Waals surface area contributed by atoms with E-state index in [0.29, 0.717) is 36.8 Å². The minimum atomic E-state index is -0.411. The summed E-state index contributed by atoms with van der Waals surface area (Å²) in [6, 6.07) is 10.6. The maximum atomic E-state index is 14.4. The summed E-state index contributed by atoms with van der Waals surface area (Å²) in [6.45, 7) is 8.53. The lowest BCUT2D eigenvalue weighted by molar-refractivity contribution is -0.131. The maximum absolute atomic E-state index is 14.4. The zero-order chi connectivity index (χ0) is 28.4. The number of benzene rings is 2. The number of nitrogens with zero attached hydrogens (tertiary/aromatic N) is 4. The molecule has 1 heterocycles. The number of carbonyl (C=O) groups excluding carboxylic acids is 2. The van der Waals surface area contributed by atoms with E-state index in [-0.39, 0.29) is 37.2 Å². The Labute approximate surface area is 231 Å². The lowest BCUT2D eigenvalue weighted by atomic mass is 10.1. The van der Waals surface area contributed by atoms with Crippen LogP contribution in [0, 0.1) is 17.6 Å². The Morgan fingerprint density at radius 2 is 1.62 bits per heavy atom. The quantitative estimate of drug-likeness (QED) is 0.488. The Morgan fingerprint density at radius 1 is 0.949 bits per heavy atom. The van der Waals surface area contributed by atoms with Crippen LogP contribution in [-0.4, -0.2) is 81.6 Å². The van der Waals surface area contributed by atoms with Gasteiger partial charge in [0.1, 0.15) is 18.2 Å². The fourth-order valence-corrected chi connectivity index (χ4v) is 5.02. The van der Waals surface area contributed by atoms with Crippen LogP contribution in [0.25, 0.3) is 0 Å². The number of ether oxygens (including phenoxy) is 1. The van der Waals surface area contributed by atoms with E-state index < -0.39 is 5.82 Å². The van der Waals surface area contributed by atoms with Crippen LogP contribution in [0.15, 0.2) is 42.5 Å². The maximum Gasteiger partial charge on any atom is 0.252 e. The SMILES string of the molecule is COCC(=O)N1CCCN(CC(C)C)CCCN(C(=O)CCN(C)c2ccc(F)cc2)Cc2cc(F)ccc21.